The fraction of sp³-hybridized carbons (Fsp3) is 0.267. The van der Waals surface area contributed by atoms with E-state index >= 15 is 0 Å². The van der Waals surface area contributed by atoms with Crippen LogP contribution in [0.3, 0.4) is 0 Å². The van der Waals surface area contributed by atoms with Crippen LogP contribution in [-0.4, -0.2) is 22.4 Å². The first-order valence-electron chi connectivity index (χ1n) is 6.68. The number of anilines is 2. The molecule has 0 atom stereocenters. The summed E-state index contributed by atoms with van der Waals surface area (Å²) in [6, 6.07) is 7.69. The third kappa shape index (κ3) is 4.53. The van der Waals surface area contributed by atoms with Gasteiger partial charge in [-0.05, 0) is 34.0 Å². The number of carbonyl (C=O) groups is 1. The van der Waals surface area contributed by atoms with E-state index in [-0.39, 0.29) is 5.91 Å². The van der Waals surface area contributed by atoms with E-state index in [0.717, 1.165) is 10.2 Å². The van der Waals surface area contributed by atoms with E-state index in [1.54, 1.807) is 0 Å². The number of benzene rings is 1. The molecule has 5 nitrogen and oxygen atoms in total. The molecule has 1 amide bonds. The third-order valence-electron chi connectivity index (χ3n) is 2.71. The maximum Gasteiger partial charge on any atom is 0.254 e. The highest BCUT2D eigenvalue weighted by Gasteiger charge is 2.08. The number of aromatic nitrogens is 2. The zero-order valence-corrected chi connectivity index (χ0v) is 13.5. The Labute approximate surface area is 132 Å². The average Bonchev–Trinajstić information content (AvgIpc) is 2.48. The van der Waals surface area contributed by atoms with Crippen LogP contribution in [0.1, 0.15) is 24.2 Å². The van der Waals surface area contributed by atoms with Crippen molar-refractivity contribution in [1.29, 1.82) is 0 Å². The van der Waals surface area contributed by atoms with Crippen LogP contribution in [0.5, 0.6) is 0 Å². The molecule has 6 heteroatoms. The van der Waals surface area contributed by atoms with Crippen LogP contribution >= 0.6 is 15.9 Å². The lowest BCUT2D eigenvalue weighted by molar-refractivity contribution is 0.0948. The number of rotatable bonds is 5. The molecule has 21 heavy (non-hydrogen) atoms. The van der Waals surface area contributed by atoms with Crippen LogP contribution in [0, 0.1) is 5.92 Å². The van der Waals surface area contributed by atoms with E-state index in [0.29, 0.717) is 24.0 Å². The summed E-state index contributed by atoms with van der Waals surface area (Å²) in [4.78, 5) is 20.2. The summed E-state index contributed by atoms with van der Waals surface area (Å²) >= 11 is 3.44. The monoisotopic (exact) mass is 348 g/mol. The van der Waals surface area contributed by atoms with Crippen molar-refractivity contribution in [2.75, 3.05) is 11.9 Å². The number of hydrogen-bond donors (Lipinski definition) is 2. The second-order valence-electron chi connectivity index (χ2n) is 5.00. The van der Waals surface area contributed by atoms with Crippen LogP contribution in [0.2, 0.25) is 0 Å². The maximum atomic E-state index is 11.9. The Bertz CT molecular complexity index is 613. The van der Waals surface area contributed by atoms with Crippen molar-refractivity contribution in [3.8, 4) is 0 Å². The zero-order chi connectivity index (χ0) is 15.2. The van der Waals surface area contributed by atoms with Crippen molar-refractivity contribution in [2.45, 2.75) is 13.8 Å². The summed E-state index contributed by atoms with van der Waals surface area (Å²) in [6.07, 6.45) is 3.03. The van der Waals surface area contributed by atoms with Gasteiger partial charge in [0, 0.05) is 23.4 Å². The van der Waals surface area contributed by atoms with Gasteiger partial charge in [0.1, 0.15) is 0 Å². The molecule has 0 aliphatic rings. The summed E-state index contributed by atoms with van der Waals surface area (Å²) in [7, 11) is 0. The van der Waals surface area contributed by atoms with Crippen molar-refractivity contribution in [3.63, 3.8) is 0 Å². The molecule has 0 bridgehead atoms. The lowest BCUT2D eigenvalue weighted by atomic mass is 10.2. The summed E-state index contributed by atoms with van der Waals surface area (Å²) in [5.41, 5.74) is 1.32. The summed E-state index contributed by atoms with van der Waals surface area (Å²) < 4.78 is 0.923. The Morgan fingerprint density at radius 1 is 1.24 bits per heavy atom. The van der Waals surface area contributed by atoms with Gasteiger partial charge in [-0.2, -0.15) is 0 Å². The number of nitrogens with zero attached hydrogens (tertiary/aromatic N) is 2. The molecule has 1 aromatic carbocycles. The van der Waals surface area contributed by atoms with Gasteiger partial charge in [-0.15, -0.1) is 0 Å². The highest BCUT2D eigenvalue weighted by atomic mass is 79.9. The predicted molar refractivity (Wildman–Crippen MR) is 86.6 cm³/mol. The van der Waals surface area contributed by atoms with Crippen LogP contribution in [0.25, 0.3) is 0 Å². The van der Waals surface area contributed by atoms with Gasteiger partial charge in [0.2, 0.25) is 5.95 Å². The standard InChI is InChI=1S/C15H17BrN4O/c1-10(2)7-17-14(21)11-8-18-15(19-9-11)20-13-6-4-3-5-12(13)16/h3-6,8-10H,7H2,1-2H3,(H,17,21)(H,18,19,20). The zero-order valence-electron chi connectivity index (χ0n) is 11.9. The molecular weight excluding hydrogens is 332 g/mol. The molecular formula is C15H17BrN4O. The summed E-state index contributed by atoms with van der Waals surface area (Å²) in [5, 5.41) is 5.92. The first-order chi connectivity index (χ1) is 10.1. The third-order valence-corrected chi connectivity index (χ3v) is 3.40. The number of hydrogen-bond acceptors (Lipinski definition) is 4. The number of amides is 1. The van der Waals surface area contributed by atoms with E-state index in [9.17, 15) is 4.79 Å². The van der Waals surface area contributed by atoms with Gasteiger partial charge in [0.05, 0.1) is 11.3 Å². The SMILES string of the molecule is CC(C)CNC(=O)c1cnc(Nc2ccccc2Br)nc1. The van der Waals surface area contributed by atoms with Gasteiger partial charge in [-0.25, -0.2) is 9.97 Å². The van der Waals surface area contributed by atoms with Gasteiger partial charge >= 0.3 is 0 Å². The van der Waals surface area contributed by atoms with Gasteiger partial charge in [-0.1, -0.05) is 26.0 Å². The number of carbonyl (C=O) groups excluding carboxylic acids is 1. The molecule has 2 N–H and O–H groups in total. The van der Waals surface area contributed by atoms with Gasteiger partial charge in [-0.3, -0.25) is 4.79 Å². The predicted octanol–water partition coefficient (Wildman–Crippen LogP) is 3.37. The van der Waals surface area contributed by atoms with Gasteiger partial charge in [0.25, 0.3) is 5.91 Å². The number of nitrogens with one attached hydrogen (secondary N) is 2. The van der Waals surface area contributed by atoms with E-state index in [4.69, 9.17) is 0 Å². The molecule has 0 fully saturated rings. The van der Waals surface area contributed by atoms with Gasteiger partial charge < -0.3 is 10.6 Å². The largest absolute Gasteiger partial charge is 0.352 e. The van der Waals surface area contributed by atoms with Crippen molar-refractivity contribution < 1.29 is 4.79 Å². The minimum atomic E-state index is -0.156. The number of para-hydroxylation sites is 1. The van der Waals surface area contributed by atoms with Crippen molar-refractivity contribution >= 4 is 33.5 Å². The van der Waals surface area contributed by atoms with Crippen LogP contribution in [-0.2, 0) is 0 Å². The minimum absolute atomic E-state index is 0.156. The van der Waals surface area contributed by atoms with E-state index < -0.39 is 0 Å². The fourth-order valence-corrected chi connectivity index (χ4v) is 1.98. The van der Waals surface area contributed by atoms with Gasteiger partial charge in [0.15, 0.2) is 0 Å². The van der Waals surface area contributed by atoms with Crippen LogP contribution < -0.4 is 10.6 Å². The lowest BCUT2D eigenvalue weighted by Crippen LogP contribution is -2.27. The molecule has 110 valence electrons. The van der Waals surface area contributed by atoms with Crippen molar-refractivity contribution in [2.24, 2.45) is 5.92 Å². The molecule has 0 saturated carbocycles. The highest BCUT2D eigenvalue weighted by Crippen LogP contribution is 2.23. The molecule has 0 aliphatic carbocycles. The van der Waals surface area contributed by atoms with E-state index in [2.05, 4.69) is 36.5 Å². The van der Waals surface area contributed by atoms with E-state index in [1.807, 2.05) is 38.1 Å². The molecule has 0 spiro atoms. The van der Waals surface area contributed by atoms with Crippen LogP contribution in [0.15, 0.2) is 41.1 Å². The average molecular weight is 349 g/mol. The Morgan fingerprint density at radius 3 is 2.52 bits per heavy atom. The smallest absolute Gasteiger partial charge is 0.254 e. The summed E-state index contributed by atoms with van der Waals surface area (Å²) in [6.45, 7) is 4.72. The first kappa shape index (κ1) is 15.4. The van der Waals surface area contributed by atoms with Crippen molar-refractivity contribution in [1.82, 2.24) is 15.3 Å². The normalized spacial score (nSPS) is 10.5. The molecule has 1 heterocycles. The molecule has 2 aromatic rings. The molecule has 0 saturated heterocycles. The fourth-order valence-electron chi connectivity index (χ4n) is 1.59. The molecule has 2 rings (SSSR count). The lowest BCUT2D eigenvalue weighted by Gasteiger charge is -2.08. The second kappa shape index (κ2) is 7.17. The molecule has 0 radical (unpaired) electrons. The second-order valence-corrected chi connectivity index (χ2v) is 5.86. The van der Waals surface area contributed by atoms with Crippen LogP contribution in [0.4, 0.5) is 11.6 Å². The molecule has 1 aromatic heterocycles. The summed E-state index contributed by atoms with van der Waals surface area (Å²) in [5.74, 6) is 0.699. The highest BCUT2D eigenvalue weighted by molar-refractivity contribution is 9.10. The minimum Gasteiger partial charge on any atom is -0.352 e. The van der Waals surface area contributed by atoms with Crippen molar-refractivity contribution in [3.05, 3.63) is 46.7 Å². The number of halogens is 1. The maximum absolute atomic E-state index is 11.9. The quantitative estimate of drug-likeness (QED) is 0.869. The molecule has 0 aliphatic heterocycles. The van der Waals surface area contributed by atoms with E-state index in [1.165, 1.54) is 12.4 Å². The molecule has 0 unspecified atom stereocenters. The Morgan fingerprint density at radius 2 is 1.90 bits per heavy atom. The first-order valence-corrected chi connectivity index (χ1v) is 7.47. The Hall–Kier alpha value is -1.95. The Kier molecular flexibility index (Phi) is 5.27. The topological polar surface area (TPSA) is 66.9 Å². The Balaban J connectivity index is 2.02.